The SMILES string of the molecule is CCOc1cc2oc3c(c2cc1O)CCCCC3. The summed E-state index contributed by atoms with van der Waals surface area (Å²) in [5.41, 5.74) is 2.11. The van der Waals surface area contributed by atoms with Gasteiger partial charge in [-0.05, 0) is 32.3 Å². The predicted octanol–water partition coefficient (Wildman–Crippen LogP) is 3.81. The topological polar surface area (TPSA) is 42.6 Å². The number of aryl methyl sites for hydroxylation is 2. The van der Waals surface area contributed by atoms with Crippen LogP contribution in [0.25, 0.3) is 11.0 Å². The fourth-order valence-electron chi connectivity index (χ4n) is 2.73. The van der Waals surface area contributed by atoms with Gasteiger partial charge in [-0.25, -0.2) is 0 Å². The van der Waals surface area contributed by atoms with E-state index in [0.717, 1.165) is 29.6 Å². The molecular weight excluding hydrogens is 228 g/mol. The number of rotatable bonds is 2. The molecule has 18 heavy (non-hydrogen) atoms. The Kier molecular flexibility index (Phi) is 2.90. The third-order valence-corrected chi connectivity index (χ3v) is 3.59. The number of phenolic OH excluding ortho intramolecular Hbond substituents is 1. The maximum absolute atomic E-state index is 9.96. The van der Waals surface area contributed by atoms with Gasteiger partial charge in [0.05, 0.1) is 6.61 Å². The van der Waals surface area contributed by atoms with Crippen LogP contribution in [0.15, 0.2) is 16.5 Å². The minimum Gasteiger partial charge on any atom is -0.504 e. The fourth-order valence-corrected chi connectivity index (χ4v) is 2.73. The Hall–Kier alpha value is -1.64. The van der Waals surface area contributed by atoms with Gasteiger partial charge in [-0.2, -0.15) is 0 Å². The van der Waals surface area contributed by atoms with Gasteiger partial charge < -0.3 is 14.3 Å². The van der Waals surface area contributed by atoms with E-state index in [2.05, 4.69) is 0 Å². The summed E-state index contributed by atoms with van der Waals surface area (Å²) in [5, 5.41) is 11.0. The largest absolute Gasteiger partial charge is 0.504 e. The third kappa shape index (κ3) is 1.84. The molecule has 2 aromatic rings. The molecule has 0 spiro atoms. The number of hydrogen-bond acceptors (Lipinski definition) is 3. The highest BCUT2D eigenvalue weighted by Crippen LogP contribution is 2.37. The number of phenols is 1. The molecule has 1 aliphatic rings. The van der Waals surface area contributed by atoms with Gasteiger partial charge in [0.1, 0.15) is 11.3 Å². The van der Waals surface area contributed by atoms with Crippen molar-refractivity contribution in [3.8, 4) is 11.5 Å². The number of furan rings is 1. The van der Waals surface area contributed by atoms with E-state index in [4.69, 9.17) is 9.15 Å². The van der Waals surface area contributed by atoms with Crippen LogP contribution in [0, 0.1) is 0 Å². The molecule has 3 heteroatoms. The Morgan fingerprint density at radius 3 is 2.89 bits per heavy atom. The number of hydrogen-bond donors (Lipinski definition) is 1. The second-order valence-electron chi connectivity index (χ2n) is 4.81. The van der Waals surface area contributed by atoms with Crippen molar-refractivity contribution < 1.29 is 14.3 Å². The van der Waals surface area contributed by atoms with Crippen molar-refractivity contribution >= 4 is 11.0 Å². The van der Waals surface area contributed by atoms with Crippen molar-refractivity contribution in [3.63, 3.8) is 0 Å². The van der Waals surface area contributed by atoms with Gasteiger partial charge in [0.25, 0.3) is 0 Å². The second kappa shape index (κ2) is 4.56. The van der Waals surface area contributed by atoms with Gasteiger partial charge in [-0.15, -0.1) is 0 Å². The molecule has 1 aliphatic carbocycles. The molecule has 96 valence electrons. The lowest BCUT2D eigenvalue weighted by molar-refractivity contribution is 0.318. The molecule has 0 bridgehead atoms. The minimum atomic E-state index is 0.206. The van der Waals surface area contributed by atoms with Crippen molar-refractivity contribution in [2.75, 3.05) is 6.61 Å². The van der Waals surface area contributed by atoms with Crippen molar-refractivity contribution in [3.05, 3.63) is 23.5 Å². The molecule has 3 nitrogen and oxygen atoms in total. The van der Waals surface area contributed by atoms with Crippen LogP contribution in [-0.4, -0.2) is 11.7 Å². The lowest BCUT2D eigenvalue weighted by Gasteiger charge is -2.05. The van der Waals surface area contributed by atoms with Crippen LogP contribution in [0.1, 0.15) is 37.5 Å². The number of aromatic hydroxyl groups is 1. The van der Waals surface area contributed by atoms with E-state index >= 15 is 0 Å². The fraction of sp³-hybridized carbons (Fsp3) is 0.467. The molecule has 0 saturated carbocycles. The first-order valence-corrected chi connectivity index (χ1v) is 6.69. The maximum atomic E-state index is 9.96. The Balaban J connectivity index is 2.14. The van der Waals surface area contributed by atoms with Gasteiger partial charge >= 0.3 is 0 Å². The van der Waals surface area contributed by atoms with Gasteiger partial charge in [-0.1, -0.05) is 6.42 Å². The molecular formula is C15H18O3. The zero-order valence-electron chi connectivity index (χ0n) is 10.7. The molecule has 1 heterocycles. The summed E-state index contributed by atoms with van der Waals surface area (Å²) in [6.07, 6.45) is 5.71. The molecule has 1 aromatic heterocycles. The molecule has 1 aromatic carbocycles. The molecule has 0 unspecified atom stereocenters. The third-order valence-electron chi connectivity index (χ3n) is 3.59. The van der Waals surface area contributed by atoms with E-state index < -0.39 is 0 Å². The average Bonchev–Trinajstić information content (AvgIpc) is 2.55. The first-order valence-electron chi connectivity index (χ1n) is 6.69. The van der Waals surface area contributed by atoms with E-state index in [0.29, 0.717) is 12.4 Å². The second-order valence-corrected chi connectivity index (χ2v) is 4.81. The molecule has 0 atom stereocenters. The summed E-state index contributed by atoms with van der Waals surface area (Å²) >= 11 is 0. The van der Waals surface area contributed by atoms with Crippen molar-refractivity contribution in [2.24, 2.45) is 0 Å². The lowest BCUT2D eigenvalue weighted by atomic mass is 10.1. The highest BCUT2D eigenvalue weighted by Gasteiger charge is 2.18. The molecule has 0 amide bonds. The predicted molar refractivity (Wildman–Crippen MR) is 70.3 cm³/mol. The first kappa shape index (κ1) is 11.5. The lowest BCUT2D eigenvalue weighted by Crippen LogP contribution is -1.91. The normalized spacial score (nSPS) is 15.4. The summed E-state index contributed by atoms with van der Waals surface area (Å²) in [6.45, 7) is 2.44. The average molecular weight is 246 g/mol. The zero-order chi connectivity index (χ0) is 12.5. The van der Waals surface area contributed by atoms with Crippen LogP contribution in [0.3, 0.4) is 0 Å². The molecule has 1 N–H and O–H groups in total. The van der Waals surface area contributed by atoms with Crippen LogP contribution < -0.4 is 4.74 Å². The molecule has 0 radical (unpaired) electrons. The van der Waals surface area contributed by atoms with Crippen LogP contribution in [0.5, 0.6) is 11.5 Å². The van der Waals surface area contributed by atoms with Crippen LogP contribution in [-0.2, 0) is 12.8 Å². The van der Waals surface area contributed by atoms with Crippen LogP contribution >= 0.6 is 0 Å². The number of benzene rings is 1. The van der Waals surface area contributed by atoms with E-state index in [1.807, 2.05) is 13.0 Å². The Morgan fingerprint density at radius 2 is 2.06 bits per heavy atom. The summed E-state index contributed by atoms with van der Waals surface area (Å²) in [6, 6.07) is 3.59. The van der Waals surface area contributed by atoms with Gasteiger partial charge in [0.2, 0.25) is 0 Å². The molecule has 0 aliphatic heterocycles. The number of fused-ring (bicyclic) bond motifs is 3. The Morgan fingerprint density at radius 1 is 1.22 bits per heavy atom. The quantitative estimate of drug-likeness (QED) is 0.819. The highest BCUT2D eigenvalue weighted by atomic mass is 16.5. The van der Waals surface area contributed by atoms with E-state index in [1.165, 1.54) is 24.8 Å². The smallest absolute Gasteiger partial charge is 0.164 e. The van der Waals surface area contributed by atoms with Crippen molar-refractivity contribution in [1.82, 2.24) is 0 Å². The zero-order valence-corrected chi connectivity index (χ0v) is 10.7. The summed E-state index contributed by atoms with van der Waals surface area (Å²) in [5.74, 6) is 1.81. The van der Waals surface area contributed by atoms with E-state index in [9.17, 15) is 5.11 Å². The number of ether oxygens (including phenoxy) is 1. The van der Waals surface area contributed by atoms with Gasteiger partial charge in [-0.3, -0.25) is 0 Å². The summed E-state index contributed by atoms with van der Waals surface area (Å²) in [7, 11) is 0. The molecule has 0 fully saturated rings. The molecule has 0 saturated heterocycles. The highest BCUT2D eigenvalue weighted by molar-refractivity contribution is 5.85. The monoisotopic (exact) mass is 246 g/mol. The first-order chi connectivity index (χ1) is 8.79. The van der Waals surface area contributed by atoms with Gasteiger partial charge in [0, 0.05) is 23.4 Å². The molecule has 3 rings (SSSR count). The summed E-state index contributed by atoms with van der Waals surface area (Å²) in [4.78, 5) is 0. The van der Waals surface area contributed by atoms with Crippen molar-refractivity contribution in [2.45, 2.75) is 39.0 Å². The van der Waals surface area contributed by atoms with Crippen molar-refractivity contribution in [1.29, 1.82) is 0 Å². The Labute approximate surface area is 106 Å². The van der Waals surface area contributed by atoms with E-state index in [1.54, 1.807) is 6.07 Å². The minimum absolute atomic E-state index is 0.206. The Bertz CT molecular complexity index is 569. The maximum Gasteiger partial charge on any atom is 0.164 e. The van der Waals surface area contributed by atoms with Crippen LogP contribution in [0.2, 0.25) is 0 Å². The standard InChI is InChI=1S/C15H18O3/c1-2-17-15-9-14-11(8-12(15)16)10-6-4-3-5-7-13(10)18-14/h8-9,16H,2-7H2,1H3. The van der Waals surface area contributed by atoms with Gasteiger partial charge in [0.15, 0.2) is 11.5 Å². The van der Waals surface area contributed by atoms with E-state index in [-0.39, 0.29) is 5.75 Å². The van der Waals surface area contributed by atoms with Crippen LogP contribution in [0.4, 0.5) is 0 Å². The summed E-state index contributed by atoms with van der Waals surface area (Å²) < 4.78 is 11.3.